The molecule has 0 saturated carbocycles. The molecule has 1 spiro atoms. The molecule has 2 aromatic rings. The average Bonchev–Trinajstić information content (AvgIpc) is 2.74. The third kappa shape index (κ3) is 4.47. The van der Waals surface area contributed by atoms with E-state index in [9.17, 15) is 14.0 Å². The van der Waals surface area contributed by atoms with Gasteiger partial charge in [0.15, 0.2) is 0 Å². The second kappa shape index (κ2) is 8.31. The Morgan fingerprint density at radius 1 is 1.07 bits per heavy atom. The van der Waals surface area contributed by atoms with Crippen LogP contribution in [0.5, 0.6) is 0 Å². The van der Waals surface area contributed by atoms with E-state index in [1.807, 2.05) is 21.9 Å². The Bertz CT molecular complexity index is 879. The van der Waals surface area contributed by atoms with Gasteiger partial charge in [-0.25, -0.2) is 4.39 Å². The van der Waals surface area contributed by atoms with Crippen LogP contribution in [0.2, 0.25) is 0 Å². The molecule has 2 fully saturated rings. The summed E-state index contributed by atoms with van der Waals surface area (Å²) in [6.45, 7) is 2.69. The van der Waals surface area contributed by atoms with Gasteiger partial charge in [0.1, 0.15) is 5.82 Å². The molecule has 2 aliphatic heterocycles. The van der Waals surface area contributed by atoms with E-state index in [-0.39, 0.29) is 29.5 Å². The van der Waals surface area contributed by atoms with Crippen LogP contribution < -0.4 is 0 Å². The fraction of sp³-hybridized carbons (Fsp3) is 0.435. The van der Waals surface area contributed by atoms with Gasteiger partial charge in [0.05, 0.1) is 6.42 Å². The van der Waals surface area contributed by atoms with Crippen molar-refractivity contribution in [1.82, 2.24) is 14.8 Å². The summed E-state index contributed by atoms with van der Waals surface area (Å²) < 4.78 is 13.8. The van der Waals surface area contributed by atoms with E-state index in [0.717, 1.165) is 31.4 Å². The van der Waals surface area contributed by atoms with Crippen molar-refractivity contribution >= 4 is 11.8 Å². The Morgan fingerprint density at radius 3 is 2.52 bits per heavy atom. The number of halogens is 1. The summed E-state index contributed by atoms with van der Waals surface area (Å²) in [5, 5.41) is 0. The lowest BCUT2D eigenvalue weighted by Crippen LogP contribution is -2.52. The highest BCUT2D eigenvalue weighted by molar-refractivity contribution is 5.79. The number of nitrogens with zero attached hydrogens (tertiary/aromatic N) is 3. The van der Waals surface area contributed by atoms with Crippen LogP contribution in [-0.4, -0.2) is 46.2 Å². The summed E-state index contributed by atoms with van der Waals surface area (Å²) in [6, 6.07) is 10.3. The fourth-order valence-corrected chi connectivity index (χ4v) is 4.51. The number of benzene rings is 1. The normalized spacial score (nSPS) is 18.9. The fourth-order valence-electron chi connectivity index (χ4n) is 4.51. The molecule has 0 unspecified atom stereocenters. The molecule has 1 aromatic carbocycles. The number of carbonyl (C=O) groups excluding carboxylic acids is 2. The topological polar surface area (TPSA) is 53.5 Å². The highest BCUT2D eigenvalue weighted by atomic mass is 19.1. The quantitative estimate of drug-likeness (QED) is 0.799. The predicted molar refractivity (Wildman–Crippen MR) is 107 cm³/mol. The van der Waals surface area contributed by atoms with Gasteiger partial charge in [0, 0.05) is 45.0 Å². The third-order valence-corrected chi connectivity index (χ3v) is 6.35. The van der Waals surface area contributed by atoms with Gasteiger partial charge in [-0.15, -0.1) is 0 Å². The molecule has 4 rings (SSSR count). The first-order chi connectivity index (χ1) is 14.0. The van der Waals surface area contributed by atoms with Gasteiger partial charge >= 0.3 is 0 Å². The number of hydrogen-bond acceptors (Lipinski definition) is 3. The molecule has 5 nitrogen and oxygen atoms in total. The van der Waals surface area contributed by atoms with Crippen LogP contribution >= 0.6 is 0 Å². The molecule has 3 heterocycles. The van der Waals surface area contributed by atoms with Gasteiger partial charge < -0.3 is 9.80 Å². The zero-order valence-corrected chi connectivity index (χ0v) is 16.5. The van der Waals surface area contributed by atoms with E-state index in [1.54, 1.807) is 30.6 Å². The van der Waals surface area contributed by atoms with Crippen LogP contribution in [0.3, 0.4) is 0 Å². The van der Waals surface area contributed by atoms with Crippen molar-refractivity contribution in [2.24, 2.45) is 5.41 Å². The van der Waals surface area contributed by atoms with E-state index >= 15 is 0 Å². The van der Waals surface area contributed by atoms with E-state index in [0.29, 0.717) is 31.6 Å². The lowest BCUT2D eigenvalue weighted by Gasteiger charge is -2.47. The number of likely N-dealkylation sites (tertiary alicyclic amines) is 2. The first-order valence-electron chi connectivity index (χ1n) is 10.2. The number of rotatable bonds is 4. The molecule has 29 heavy (non-hydrogen) atoms. The zero-order chi connectivity index (χ0) is 20.3. The van der Waals surface area contributed by atoms with Gasteiger partial charge in [-0.3, -0.25) is 14.6 Å². The lowest BCUT2D eigenvalue weighted by molar-refractivity contribution is -0.143. The summed E-state index contributed by atoms with van der Waals surface area (Å²) in [5.74, 6) is -0.150. The van der Waals surface area contributed by atoms with E-state index in [2.05, 4.69) is 4.98 Å². The van der Waals surface area contributed by atoms with Crippen molar-refractivity contribution < 1.29 is 14.0 Å². The molecule has 0 aliphatic carbocycles. The van der Waals surface area contributed by atoms with Gasteiger partial charge in [-0.2, -0.15) is 0 Å². The predicted octanol–water partition coefficient (Wildman–Crippen LogP) is 3.19. The molecular weight excluding hydrogens is 369 g/mol. The number of hydrogen-bond donors (Lipinski definition) is 0. The smallest absolute Gasteiger partial charge is 0.227 e. The number of piperidine rings is 2. The molecule has 152 valence electrons. The zero-order valence-electron chi connectivity index (χ0n) is 16.5. The van der Waals surface area contributed by atoms with E-state index in [4.69, 9.17) is 0 Å². The van der Waals surface area contributed by atoms with E-state index in [1.165, 1.54) is 6.07 Å². The van der Waals surface area contributed by atoms with Crippen molar-refractivity contribution in [2.45, 2.75) is 38.6 Å². The molecule has 2 aliphatic rings. The van der Waals surface area contributed by atoms with Crippen molar-refractivity contribution in [2.75, 3.05) is 19.6 Å². The summed E-state index contributed by atoms with van der Waals surface area (Å²) in [7, 11) is 0. The summed E-state index contributed by atoms with van der Waals surface area (Å²) in [5.41, 5.74) is 1.61. The van der Waals surface area contributed by atoms with Gasteiger partial charge in [-0.05, 0) is 54.0 Å². The molecule has 0 N–H and O–H groups in total. The number of aromatic nitrogens is 1. The minimum atomic E-state index is -0.327. The van der Waals surface area contributed by atoms with Crippen LogP contribution in [0.15, 0.2) is 48.8 Å². The van der Waals surface area contributed by atoms with Crippen LogP contribution in [-0.2, 0) is 22.6 Å². The van der Waals surface area contributed by atoms with E-state index < -0.39 is 0 Å². The molecule has 6 heteroatoms. The summed E-state index contributed by atoms with van der Waals surface area (Å²) in [4.78, 5) is 32.9. The Balaban J connectivity index is 1.36. The number of carbonyl (C=O) groups is 2. The van der Waals surface area contributed by atoms with Crippen LogP contribution in [0.25, 0.3) is 0 Å². The maximum Gasteiger partial charge on any atom is 0.227 e. The van der Waals surface area contributed by atoms with Crippen molar-refractivity contribution in [3.8, 4) is 0 Å². The lowest BCUT2D eigenvalue weighted by atomic mass is 9.72. The summed E-state index contributed by atoms with van der Waals surface area (Å²) >= 11 is 0. The van der Waals surface area contributed by atoms with Crippen LogP contribution in [0.1, 0.15) is 36.8 Å². The second-order valence-electron chi connectivity index (χ2n) is 8.25. The molecular formula is C23H26FN3O2. The number of pyridine rings is 1. The molecule has 0 bridgehead atoms. The number of amides is 2. The first-order valence-corrected chi connectivity index (χ1v) is 10.2. The highest BCUT2D eigenvalue weighted by Crippen LogP contribution is 2.40. The minimum Gasteiger partial charge on any atom is -0.342 e. The van der Waals surface area contributed by atoms with Gasteiger partial charge in [0.25, 0.3) is 0 Å². The average molecular weight is 395 g/mol. The Kier molecular flexibility index (Phi) is 5.60. The molecule has 0 radical (unpaired) electrons. The maximum atomic E-state index is 13.8. The minimum absolute atomic E-state index is 0.0227. The highest BCUT2D eigenvalue weighted by Gasteiger charge is 2.41. The van der Waals surface area contributed by atoms with Crippen LogP contribution in [0, 0.1) is 11.2 Å². The van der Waals surface area contributed by atoms with Gasteiger partial charge in [0.2, 0.25) is 11.8 Å². The maximum absolute atomic E-state index is 13.8. The molecule has 2 saturated heterocycles. The monoisotopic (exact) mass is 395 g/mol. The first kappa shape index (κ1) is 19.6. The second-order valence-corrected chi connectivity index (χ2v) is 8.25. The largest absolute Gasteiger partial charge is 0.342 e. The SMILES string of the molecule is O=C(Cc1ccccc1F)N1CCC2(CCC(=O)N(Cc3ccncc3)C2)CC1. The van der Waals surface area contributed by atoms with Crippen molar-refractivity contribution in [3.63, 3.8) is 0 Å². The van der Waals surface area contributed by atoms with Crippen molar-refractivity contribution in [3.05, 3.63) is 65.7 Å². The van der Waals surface area contributed by atoms with Crippen LogP contribution in [0.4, 0.5) is 4.39 Å². The summed E-state index contributed by atoms with van der Waals surface area (Å²) in [6.07, 6.45) is 6.82. The molecule has 0 atom stereocenters. The Labute approximate surface area is 170 Å². The van der Waals surface area contributed by atoms with Crippen molar-refractivity contribution in [1.29, 1.82) is 0 Å². The molecule has 1 aromatic heterocycles. The third-order valence-electron chi connectivity index (χ3n) is 6.35. The standard InChI is InChI=1S/C23H26FN3O2/c24-20-4-2-1-3-19(20)15-22(29)26-13-9-23(10-14-26)8-5-21(28)27(17-23)16-18-6-11-25-12-7-18/h1-4,6-7,11-12H,5,8-10,13-17H2. The molecule has 2 amide bonds. The van der Waals surface area contributed by atoms with Gasteiger partial charge in [-0.1, -0.05) is 18.2 Å². The Hall–Kier alpha value is -2.76. The Morgan fingerprint density at radius 2 is 1.79 bits per heavy atom.